The second kappa shape index (κ2) is 6.51. The summed E-state index contributed by atoms with van der Waals surface area (Å²) in [6, 6.07) is 0. The van der Waals surface area contributed by atoms with E-state index in [2.05, 4.69) is 31.2 Å². The van der Waals surface area contributed by atoms with Gasteiger partial charge in [0.15, 0.2) is 0 Å². The van der Waals surface area contributed by atoms with E-state index < -0.39 is 5.91 Å². The summed E-state index contributed by atoms with van der Waals surface area (Å²) in [5, 5.41) is 7.52. The van der Waals surface area contributed by atoms with Crippen molar-refractivity contribution in [2.24, 2.45) is 5.73 Å². The molecule has 1 aromatic heterocycles. The summed E-state index contributed by atoms with van der Waals surface area (Å²) >= 11 is 0. The second-order valence-electron chi connectivity index (χ2n) is 5.16. The molecule has 0 spiro atoms. The molecule has 0 radical (unpaired) electrons. The zero-order chi connectivity index (χ0) is 13.6. The third-order valence-electron chi connectivity index (χ3n) is 2.32. The number of nitrogens with zero attached hydrogens (tertiary/aromatic N) is 2. The third-order valence-corrected chi connectivity index (χ3v) is 2.32. The number of amides is 1. The number of hydrogen-bond acceptors (Lipinski definition) is 4. The molecule has 0 saturated carbocycles. The normalized spacial score (nSPS) is 11.7. The minimum absolute atomic E-state index is 0.00283. The van der Waals surface area contributed by atoms with Gasteiger partial charge in [-0.3, -0.25) is 9.48 Å². The molecule has 0 aliphatic carbocycles. The van der Waals surface area contributed by atoms with Crippen LogP contribution in [0.4, 0.5) is 0 Å². The third kappa shape index (κ3) is 5.29. The van der Waals surface area contributed by atoms with E-state index in [1.807, 2.05) is 17.1 Å². The van der Waals surface area contributed by atoms with Gasteiger partial charge in [-0.2, -0.15) is 5.10 Å². The molecule has 1 aromatic rings. The number of carbonyl (C=O) groups is 1. The summed E-state index contributed by atoms with van der Waals surface area (Å²) in [6.45, 7) is 8.17. The highest BCUT2D eigenvalue weighted by molar-refractivity contribution is 5.74. The first kappa shape index (κ1) is 14.7. The molecule has 6 nitrogen and oxygen atoms in total. The van der Waals surface area contributed by atoms with Gasteiger partial charge in [0.25, 0.3) is 0 Å². The maximum absolute atomic E-state index is 10.4. The Labute approximate surface area is 107 Å². The van der Waals surface area contributed by atoms with Crippen molar-refractivity contribution < 1.29 is 9.53 Å². The number of ether oxygens (including phenoxy) is 1. The van der Waals surface area contributed by atoms with Crippen molar-refractivity contribution in [2.45, 2.75) is 32.9 Å². The number of hydrogen-bond donors (Lipinski definition) is 2. The number of aromatic nitrogens is 2. The maximum Gasteiger partial charge on any atom is 0.243 e. The Morgan fingerprint density at radius 2 is 2.28 bits per heavy atom. The number of primary amides is 1. The standard InChI is InChI=1S/C12H22N4O2/c1-12(2,3)16-8-10(7-15-16)6-14-4-5-18-9-11(13)17/h7-8,14H,4-6,9H2,1-3H3,(H2,13,17). The lowest BCUT2D eigenvalue weighted by Gasteiger charge is -2.18. The van der Waals surface area contributed by atoms with Gasteiger partial charge in [-0.05, 0) is 20.8 Å². The van der Waals surface area contributed by atoms with E-state index in [1.165, 1.54) is 0 Å². The smallest absolute Gasteiger partial charge is 0.243 e. The van der Waals surface area contributed by atoms with Gasteiger partial charge in [0.05, 0.1) is 18.3 Å². The van der Waals surface area contributed by atoms with Crippen molar-refractivity contribution in [2.75, 3.05) is 19.8 Å². The van der Waals surface area contributed by atoms with Crippen molar-refractivity contribution in [3.05, 3.63) is 18.0 Å². The molecule has 18 heavy (non-hydrogen) atoms. The first-order valence-corrected chi connectivity index (χ1v) is 6.00. The summed E-state index contributed by atoms with van der Waals surface area (Å²) < 4.78 is 6.97. The molecule has 6 heteroatoms. The van der Waals surface area contributed by atoms with E-state index in [4.69, 9.17) is 10.5 Å². The van der Waals surface area contributed by atoms with Gasteiger partial charge in [0.1, 0.15) is 6.61 Å². The lowest BCUT2D eigenvalue weighted by atomic mass is 10.1. The Kier molecular flexibility index (Phi) is 5.30. The first-order valence-electron chi connectivity index (χ1n) is 6.00. The van der Waals surface area contributed by atoms with Gasteiger partial charge in [-0.1, -0.05) is 0 Å². The lowest BCUT2D eigenvalue weighted by Crippen LogP contribution is -2.24. The van der Waals surface area contributed by atoms with Crippen LogP contribution in [0.5, 0.6) is 0 Å². The SMILES string of the molecule is CC(C)(C)n1cc(CNCCOCC(N)=O)cn1. The van der Waals surface area contributed by atoms with Crippen LogP contribution in [0, 0.1) is 0 Å². The van der Waals surface area contributed by atoms with Crippen molar-refractivity contribution in [3.8, 4) is 0 Å². The predicted molar refractivity (Wildman–Crippen MR) is 68.9 cm³/mol. The van der Waals surface area contributed by atoms with Crippen molar-refractivity contribution in [1.82, 2.24) is 15.1 Å². The molecule has 0 unspecified atom stereocenters. The van der Waals surface area contributed by atoms with Crippen molar-refractivity contribution in [3.63, 3.8) is 0 Å². The molecule has 0 aliphatic heterocycles. The highest BCUT2D eigenvalue weighted by Gasteiger charge is 2.13. The van der Waals surface area contributed by atoms with E-state index in [-0.39, 0.29) is 12.1 Å². The highest BCUT2D eigenvalue weighted by Crippen LogP contribution is 2.12. The zero-order valence-electron chi connectivity index (χ0n) is 11.3. The fraction of sp³-hybridized carbons (Fsp3) is 0.667. The Balaban J connectivity index is 2.20. The van der Waals surface area contributed by atoms with Crippen LogP contribution in [-0.2, 0) is 21.6 Å². The summed E-state index contributed by atoms with van der Waals surface area (Å²) in [7, 11) is 0. The molecular weight excluding hydrogens is 232 g/mol. The quantitative estimate of drug-likeness (QED) is 0.682. The average Bonchev–Trinajstić information content (AvgIpc) is 2.71. The van der Waals surface area contributed by atoms with Gasteiger partial charge < -0.3 is 15.8 Å². The fourth-order valence-corrected chi connectivity index (χ4v) is 1.37. The number of carbonyl (C=O) groups excluding carboxylic acids is 1. The minimum atomic E-state index is -0.443. The second-order valence-corrected chi connectivity index (χ2v) is 5.16. The molecule has 1 amide bonds. The van der Waals surface area contributed by atoms with Crippen LogP contribution < -0.4 is 11.1 Å². The van der Waals surface area contributed by atoms with Crippen LogP contribution in [0.2, 0.25) is 0 Å². The summed E-state index contributed by atoms with van der Waals surface area (Å²) in [6.07, 6.45) is 3.87. The van der Waals surface area contributed by atoms with E-state index in [0.29, 0.717) is 13.2 Å². The fourth-order valence-electron chi connectivity index (χ4n) is 1.37. The predicted octanol–water partition coefficient (Wildman–Crippen LogP) is 0.230. The van der Waals surface area contributed by atoms with Crippen LogP contribution in [0.1, 0.15) is 26.3 Å². The Hall–Kier alpha value is -1.40. The molecule has 0 atom stereocenters. The molecule has 0 bridgehead atoms. The molecule has 0 aliphatic rings. The van der Waals surface area contributed by atoms with E-state index in [1.54, 1.807) is 0 Å². The Morgan fingerprint density at radius 3 is 2.83 bits per heavy atom. The van der Waals surface area contributed by atoms with Crippen LogP contribution >= 0.6 is 0 Å². The summed E-state index contributed by atoms with van der Waals surface area (Å²) in [4.78, 5) is 10.4. The molecular formula is C12H22N4O2. The van der Waals surface area contributed by atoms with Crippen LogP contribution in [0.15, 0.2) is 12.4 Å². The average molecular weight is 254 g/mol. The molecule has 102 valence electrons. The molecule has 1 heterocycles. The maximum atomic E-state index is 10.4. The Morgan fingerprint density at radius 1 is 1.56 bits per heavy atom. The number of nitrogens with one attached hydrogen (secondary N) is 1. The monoisotopic (exact) mass is 254 g/mol. The number of nitrogens with two attached hydrogens (primary N) is 1. The van der Waals surface area contributed by atoms with Gasteiger partial charge in [0.2, 0.25) is 5.91 Å². The van der Waals surface area contributed by atoms with Crippen molar-refractivity contribution >= 4 is 5.91 Å². The van der Waals surface area contributed by atoms with E-state index in [0.717, 1.165) is 12.1 Å². The van der Waals surface area contributed by atoms with Crippen molar-refractivity contribution in [1.29, 1.82) is 0 Å². The Bertz CT molecular complexity index is 382. The van der Waals surface area contributed by atoms with Gasteiger partial charge in [0, 0.05) is 24.8 Å². The minimum Gasteiger partial charge on any atom is -0.370 e. The van der Waals surface area contributed by atoms with Crippen LogP contribution in [0.3, 0.4) is 0 Å². The molecule has 1 rings (SSSR count). The largest absolute Gasteiger partial charge is 0.370 e. The first-order chi connectivity index (χ1) is 8.39. The van der Waals surface area contributed by atoms with E-state index >= 15 is 0 Å². The molecule has 0 fully saturated rings. The highest BCUT2D eigenvalue weighted by atomic mass is 16.5. The number of rotatable bonds is 7. The lowest BCUT2D eigenvalue weighted by molar-refractivity contribution is -0.122. The summed E-state index contributed by atoms with van der Waals surface area (Å²) in [5.41, 5.74) is 6.07. The molecule has 3 N–H and O–H groups in total. The van der Waals surface area contributed by atoms with Gasteiger partial charge >= 0.3 is 0 Å². The van der Waals surface area contributed by atoms with E-state index in [9.17, 15) is 4.79 Å². The molecule has 0 saturated heterocycles. The van der Waals surface area contributed by atoms with Crippen LogP contribution in [0.25, 0.3) is 0 Å². The van der Waals surface area contributed by atoms with Gasteiger partial charge in [-0.25, -0.2) is 0 Å². The zero-order valence-corrected chi connectivity index (χ0v) is 11.3. The van der Waals surface area contributed by atoms with Gasteiger partial charge in [-0.15, -0.1) is 0 Å². The summed E-state index contributed by atoms with van der Waals surface area (Å²) in [5.74, 6) is -0.443. The van der Waals surface area contributed by atoms with Crippen LogP contribution in [-0.4, -0.2) is 35.4 Å². The molecule has 0 aromatic carbocycles. The topological polar surface area (TPSA) is 82.2 Å².